The third-order valence-corrected chi connectivity index (χ3v) is 13.1. The first kappa shape index (κ1) is 51.1. The molecule has 2 N–H and O–H groups in total. The zero-order valence-electron chi connectivity index (χ0n) is 39.6. The smallest absolute Gasteiger partial charge is 0.306 e. The lowest BCUT2D eigenvalue weighted by molar-refractivity contribution is -0.153. The molecule has 1 aliphatic heterocycles. The van der Waals surface area contributed by atoms with E-state index in [2.05, 4.69) is 33.4 Å². The van der Waals surface area contributed by atoms with Gasteiger partial charge in [-0.15, -0.1) is 5.73 Å². The van der Waals surface area contributed by atoms with Gasteiger partial charge < -0.3 is 19.7 Å². The van der Waals surface area contributed by atoms with Crippen LogP contribution in [0.4, 0.5) is 0 Å². The summed E-state index contributed by atoms with van der Waals surface area (Å²) in [4.78, 5) is 26.3. The van der Waals surface area contributed by atoms with E-state index in [0.717, 1.165) is 35.1 Å². The van der Waals surface area contributed by atoms with Gasteiger partial charge in [0.1, 0.15) is 11.7 Å². The molecule has 334 valence electrons. The minimum absolute atomic E-state index is 0.0821. The summed E-state index contributed by atoms with van der Waals surface area (Å²) < 4.78 is 12.5. The monoisotopic (exact) mass is 827 g/mol. The van der Waals surface area contributed by atoms with Gasteiger partial charge in [-0.2, -0.15) is 0 Å². The second kappa shape index (κ2) is 23.2. The van der Waals surface area contributed by atoms with Crippen molar-refractivity contribution in [3.63, 3.8) is 0 Å². The third kappa shape index (κ3) is 15.6. The third-order valence-electron chi connectivity index (χ3n) is 13.1. The highest BCUT2D eigenvalue weighted by Gasteiger charge is 2.76. The number of aliphatic hydroxyl groups excluding tert-OH is 1. The average molecular weight is 827 g/mol. The molecule has 0 bridgehead atoms. The molecule has 0 amide bonds. The number of hydrogen-bond acceptors (Lipinski definition) is 6. The van der Waals surface area contributed by atoms with Crippen molar-refractivity contribution in [1.29, 1.82) is 0 Å². The van der Waals surface area contributed by atoms with E-state index >= 15 is 0 Å². The Hall–Kier alpha value is -3.28. The summed E-state index contributed by atoms with van der Waals surface area (Å²) in [5.41, 5.74) is 5.30. The van der Waals surface area contributed by atoms with Crippen molar-refractivity contribution >= 4 is 11.8 Å². The highest BCUT2D eigenvalue weighted by molar-refractivity contribution is 5.96. The van der Waals surface area contributed by atoms with Gasteiger partial charge in [0, 0.05) is 36.7 Å². The summed E-state index contributed by atoms with van der Waals surface area (Å²) in [6.45, 7) is 22.4. The Balaban J connectivity index is 1.43. The van der Waals surface area contributed by atoms with Gasteiger partial charge >= 0.3 is 5.97 Å². The Bertz CT molecular complexity index is 1710. The number of carbonyl (C=O) groups excluding carboxylic acids is 2. The first-order chi connectivity index (χ1) is 28.2. The van der Waals surface area contributed by atoms with Crippen LogP contribution >= 0.6 is 0 Å². The van der Waals surface area contributed by atoms with E-state index in [1.807, 2.05) is 108 Å². The molecule has 5 atom stereocenters. The second-order valence-electron chi connectivity index (χ2n) is 20.0. The van der Waals surface area contributed by atoms with Crippen LogP contribution in [0.2, 0.25) is 0 Å². The quantitative estimate of drug-likeness (QED) is 0.0266. The number of hydrogen-bond donors (Lipinski definition) is 2. The molecule has 2 aliphatic carbocycles. The Kier molecular flexibility index (Phi) is 19.8. The van der Waals surface area contributed by atoms with Gasteiger partial charge in [0.15, 0.2) is 5.78 Å². The van der Waals surface area contributed by atoms with Gasteiger partial charge in [0.05, 0.1) is 17.3 Å². The van der Waals surface area contributed by atoms with Crippen LogP contribution in [-0.4, -0.2) is 51.0 Å². The molecule has 0 spiro atoms. The minimum atomic E-state index is -1.07. The first-order valence-electron chi connectivity index (χ1n) is 23.2. The molecule has 1 saturated heterocycles. The maximum absolute atomic E-state index is 13.5. The number of fused-ring (bicyclic) bond motifs is 1. The van der Waals surface area contributed by atoms with Crippen molar-refractivity contribution < 1.29 is 29.3 Å². The molecule has 3 aliphatic rings. The van der Waals surface area contributed by atoms with Gasteiger partial charge in [0.25, 0.3) is 0 Å². The highest BCUT2D eigenvalue weighted by atomic mass is 16.6. The number of esters is 1. The van der Waals surface area contributed by atoms with Crippen LogP contribution in [0.15, 0.2) is 100 Å². The zero-order valence-corrected chi connectivity index (χ0v) is 39.6. The number of unbranched alkanes of at least 4 members (excludes halogenated alkanes) is 10. The molecule has 60 heavy (non-hydrogen) atoms. The van der Waals surface area contributed by atoms with E-state index < -0.39 is 22.9 Å². The summed E-state index contributed by atoms with van der Waals surface area (Å²) in [5, 5.41) is 21.1. The van der Waals surface area contributed by atoms with E-state index in [1.165, 1.54) is 57.8 Å². The summed E-state index contributed by atoms with van der Waals surface area (Å²) in [7, 11) is 0. The fourth-order valence-electron chi connectivity index (χ4n) is 9.70. The molecule has 0 aromatic heterocycles. The second-order valence-corrected chi connectivity index (χ2v) is 20.0. The summed E-state index contributed by atoms with van der Waals surface area (Å²) in [6.07, 6.45) is 38.0. The van der Waals surface area contributed by atoms with Crippen molar-refractivity contribution in [3.8, 4) is 0 Å². The molecule has 0 aromatic carbocycles. The van der Waals surface area contributed by atoms with Gasteiger partial charge in [-0.05, 0) is 83.4 Å². The summed E-state index contributed by atoms with van der Waals surface area (Å²) in [6, 6.07) is 0. The number of ether oxygens (including phenoxy) is 2. The molecule has 6 heteroatoms. The van der Waals surface area contributed by atoms with Crippen molar-refractivity contribution in [2.75, 3.05) is 0 Å². The maximum Gasteiger partial charge on any atom is 0.306 e. The van der Waals surface area contributed by atoms with Crippen molar-refractivity contribution in [1.82, 2.24) is 0 Å². The van der Waals surface area contributed by atoms with Gasteiger partial charge in [0.2, 0.25) is 0 Å². The Morgan fingerprint density at radius 1 is 0.717 bits per heavy atom. The fourth-order valence-corrected chi connectivity index (χ4v) is 9.70. The van der Waals surface area contributed by atoms with E-state index in [0.29, 0.717) is 44.1 Å². The van der Waals surface area contributed by atoms with Crippen molar-refractivity contribution in [2.45, 2.75) is 214 Å². The molecule has 0 radical (unpaired) electrons. The number of allylic oxidation sites excluding steroid dienone is 14. The predicted octanol–water partition coefficient (Wildman–Crippen LogP) is 13.4. The first-order valence-corrected chi connectivity index (χ1v) is 23.2. The molecule has 2 saturated carbocycles. The van der Waals surface area contributed by atoms with Crippen molar-refractivity contribution in [2.24, 2.45) is 10.8 Å². The molecule has 6 nitrogen and oxygen atoms in total. The molecule has 0 aromatic rings. The van der Waals surface area contributed by atoms with E-state index in [4.69, 9.17) is 9.47 Å². The standard InChI is InChI=1S/C54H82O6/c1-12-13-14-15-16-17-18-19-20-21-22-33-49(57)59-46-38-51(8,9)54(53(11,39-46)60-54)40-47(56)44(5)32-26-31-42(3)28-24-23-27-41(2)29-25-30-43(4)34-35-48-50(6,7)36-45(55)37-52(48,10)58/h23-32,34,45-46,55,58H,12-22,33,36-40H2,1-11H3/b24-23+,29-25+,31-26+,41-27+,42-28+,43-30+,44-32+/t35?,45-,46-,52+,53+,54-/m0/s1. The largest absolute Gasteiger partial charge is 0.462 e. The molecule has 3 fully saturated rings. The summed E-state index contributed by atoms with van der Waals surface area (Å²) in [5.74, 6) is -0.0233. The van der Waals surface area contributed by atoms with Gasteiger partial charge in [-0.3, -0.25) is 9.59 Å². The van der Waals surface area contributed by atoms with Crippen LogP contribution in [-0.2, 0) is 19.1 Å². The number of aliphatic hydroxyl groups is 2. The zero-order chi connectivity index (χ0) is 44.6. The van der Waals surface area contributed by atoms with Crippen LogP contribution in [0.3, 0.4) is 0 Å². The number of carbonyl (C=O) groups is 2. The number of Topliss-reactive ketones (excluding diaryl/α,β-unsaturated/α-hetero) is 1. The van der Waals surface area contributed by atoms with Gasteiger partial charge in [-0.25, -0.2) is 0 Å². The lowest BCUT2D eigenvalue weighted by Gasteiger charge is -2.43. The lowest BCUT2D eigenvalue weighted by atomic mass is 9.61. The highest BCUT2D eigenvalue weighted by Crippen LogP contribution is 2.67. The fraction of sp³-hybridized carbons (Fsp3) is 0.648. The molecule has 1 heterocycles. The van der Waals surface area contributed by atoms with Crippen LogP contribution in [0.1, 0.15) is 185 Å². The predicted molar refractivity (Wildman–Crippen MR) is 250 cm³/mol. The summed E-state index contributed by atoms with van der Waals surface area (Å²) >= 11 is 0. The lowest BCUT2D eigenvalue weighted by Crippen LogP contribution is -2.49. The Labute approximate surface area is 365 Å². The van der Waals surface area contributed by atoms with E-state index in [1.54, 1.807) is 6.92 Å². The number of ketones is 1. The molecular weight excluding hydrogens is 745 g/mol. The van der Waals surface area contributed by atoms with E-state index in [-0.39, 0.29) is 28.7 Å². The number of epoxide rings is 1. The topological polar surface area (TPSA) is 96.4 Å². The van der Waals surface area contributed by atoms with Crippen LogP contribution in [0, 0.1) is 10.8 Å². The average Bonchev–Trinajstić information content (AvgIpc) is 3.75. The molecular formula is C54H82O6. The maximum atomic E-state index is 13.5. The van der Waals surface area contributed by atoms with Crippen LogP contribution < -0.4 is 0 Å². The SMILES string of the molecule is CCCCCCCCCCCCCC(=O)O[C@H]1CC(C)(C)[C@]2(CC(=O)/C(C)=C/C=C/C(C)=C/C=C/C=C(C)/C=C/C=C(\C)C=C=C3C(C)(C)C[C@H](O)C[C@@]3(C)O)O[C@]2(C)C1. The van der Waals surface area contributed by atoms with E-state index in [9.17, 15) is 19.8 Å². The molecule has 0 unspecified atom stereocenters. The number of rotatable bonds is 23. The van der Waals surface area contributed by atoms with Crippen molar-refractivity contribution in [3.05, 3.63) is 100 Å². The normalized spacial score (nSPS) is 28.3. The van der Waals surface area contributed by atoms with Gasteiger partial charge in [-0.1, -0.05) is 171 Å². The Morgan fingerprint density at radius 3 is 1.80 bits per heavy atom. The van der Waals surface area contributed by atoms with Crippen LogP contribution in [0.5, 0.6) is 0 Å². The molecule has 3 rings (SSSR count). The van der Waals surface area contributed by atoms with Crippen LogP contribution in [0.25, 0.3) is 0 Å². The Morgan fingerprint density at radius 2 is 1.25 bits per heavy atom. The minimum Gasteiger partial charge on any atom is -0.462 e.